The minimum Gasteiger partial charge on any atom is -0.465 e. The highest BCUT2D eigenvalue weighted by atomic mass is 31.2. The van der Waals surface area contributed by atoms with Crippen LogP contribution in [0.25, 0.3) is 11.1 Å². The van der Waals surface area contributed by atoms with Gasteiger partial charge in [0.25, 0.3) is 0 Å². The molecule has 176 valence electrons. The fourth-order valence-electron chi connectivity index (χ4n) is 4.86. The molecule has 2 nitrogen and oxygen atoms in total. The van der Waals surface area contributed by atoms with Crippen LogP contribution in [0.3, 0.4) is 0 Å². The number of esters is 1. The fraction of sp³-hybridized carbons (Fsp3) is 0.0606. The highest BCUT2D eigenvalue weighted by molar-refractivity contribution is 7.95. The minimum absolute atomic E-state index is 0.322. The Hall–Kier alpha value is -4.00. The summed E-state index contributed by atoms with van der Waals surface area (Å²) >= 11 is 0. The molecule has 36 heavy (non-hydrogen) atoms. The van der Waals surface area contributed by atoms with E-state index in [0.29, 0.717) is 5.56 Å². The molecule has 0 radical (unpaired) electrons. The monoisotopic (exact) mass is 487 g/mol. The highest BCUT2D eigenvalue weighted by Crippen LogP contribution is 2.58. The summed E-state index contributed by atoms with van der Waals surface area (Å²) in [5, 5.41) is 3.94. The van der Waals surface area contributed by atoms with E-state index in [1.54, 1.807) is 0 Å². The Morgan fingerprint density at radius 1 is 0.583 bits per heavy atom. The van der Waals surface area contributed by atoms with Crippen molar-refractivity contribution in [3.8, 4) is 11.1 Å². The molecule has 0 fully saturated rings. The topological polar surface area (TPSA) is 26.3 Å². The van der Waals surface area contributed by atoms with Gasteiger partial charge in [-0.2, -0.15) is 0 Å². The lowest BCUT2D eigenvalue weighted by atomic mass is 10.0. The smallest absolute Gasteiger partial charge is 0.337 e. The van der Waals surface area contributed by atoms with Crippen molar-refractivity contribution in [3.63, 3.8) is 0 Å². The van der Waals surface area contributed by atoms with E-state index in [1.165, 1.54) is 23.0 Å². The molecule has 0 aliphatic carbocycles. The summed E-state index contributed by atoms with van der Waals surface area (Å²) in [4.78, 5) is 12.7. The van der Waals surface area contributed by atoms with Gasteiger partial charge in [0, 0.05) is 0 Å². The molecule has 0 heterocycles. The molecule has 0 spiro atoms. The predicted molar refractivity (Wildman–Crippen MR) is 152 cm³/mol. The van der Waals surface area contributed by atoms with E-state index in [0.717, 1.165) is 22.9 Å². The first kappa shape index (κ1) is 23.7. The van der Waals surface area contributed by atoms with E-state index in [2.05, 4.69) is 109 Å². The van der Waals surface area contributed by atoms with E-state index in [4.69, 9.17) is 4.74 Å². The SMILES string of the molecule is COC(=O)c1cc(C[P+](c2ccccc2)(c2ccccc2)c2ccccc2)cc(-c2ccccc2)c1. The van der Waals surface area contributed by atoms with Gasteiger partial charge in [-0.25, -0.2) is 4.79 Å². The Balaban J connectivity index is 1.76. The average molecular weight is 488 g/mol. The molecule has 0 aliphatic rings. The number of rotatable bonds is 7. The van der Waals surface area contributed by atoms with E-state index >= 15 is 0 Å². The first-order chi connectivity index (χ1) is 17.7. The number of carbonyl (C=O) groups excluding carboxylic acids is 1. The third-order valence-electron chi connectivity index (χ3n) is 6.53. The number of hydrogen-bond donors (Lipinski definition) is 0. The first-order valence-corrected chi connectivity index (χ1v) is 14.0. The minimum atomic E-state index is -2.10. The normalized spacial score (nSPS) is 11.1. The summed E-state index contributed by atoms with van der Waals surface area (Å²) in [7, 11) is -0.660. The summed E-state index contributed by atoms with van der Waals surface area (Å²) in [6.07, 6.45) is 0.787. The van der Waals surface area contributed by atoms with Crippen molar-refractivity contribution in [2.24, 2.45) is 0 Å². The second-order valence-electron chi connectivity index (χ2n) is 8.75. The molecule has 5 rings (SSSR count). The summed E-state index contributed by atoms with van der Waals surface area (Å²) < 4.78 is 5.14. The molecule has 0 N–H and O–H groups in total. The van der Waals surface area contributed by atoms with Crippen LogP contribution >= 0.6 is 7.26 Å². The molecule has 0 saturated carbocycles. The predicted octanol–water partition coefficient (Wildman–Crippen LogP) is 6.63. The van der Waals surface area contributed by atoms with Crippen molar-refractivity contribution in [1.29, 1.82) is 0 Å². The largest absolute Gasteiger partial charge is 0.465 e. The number of carbonyl (C=O) groups is 1. The fourth-order valence-corrected chi connectivity index (χ4v) is 9.07. The number of methoxy groups -OCH3 is 1. The average Bonchev–Trinajstić information content (AvgIpc) is 2.97. The van der Waals surface area contributed by atoms with Crippen molar-refractivity contribution >= 4 is 29.1 Å². The third-order valence-corrected chi connectivity index (χ3v) is 10.9. The zero-order chi connectivity index (χ0) is 24.8. The Morgan fingerprint density at radius 3 is 1.47 bits per heavy atom. The maximum atomic E-state index is 12.7. The number of ether oxygens (including phenoxy) is 1. The molecule has 0 aromatic heterocycles. The molecule has 3 heteroatoms. The standard InChI is InChI=1S/C33H28O2P/c1-35-33(34)29-23-26(22-28(24-29)27-14-6-2-7-15-27)25-36(30-16-8-3-9-17-30,31-18-10-4-11-19-31)32-20-12-5-13-21-32/h2-24H,25H2,1H3/q+1. The zero-order valence-electron chi connectivity index (χ0n) is 20.2. The van der Waals surface area contributed by atoms with Gasteiger partial charge < -0.3 is 4.74 Å². The maximum absolute atomic E-state index is 12.7. The van der Waals surface area contributed by atoms with Crippen LogP contribution in [0.1, 0.15) is 15.9 Å². The Kier molecular flexibility index (Phi) is 7.07. The van der Waals surface area contributed by atoms with E-state index in [-0.39, 0.29) is 5.97 Å². The van der Waals surface area contributed by atoms with E-state index < -0.39 is 7.26 Å². The van der Waals surface area contributed by atoms with E-state index in [1.807, 2.05) is 30.3 Å². The number of benzene rings is 5. The molecule has 5 aromatic rings. The molecule has 0 unspecified atom stereocenters. The Morgan fingerprint density at radius 2 is 1.03 bits per heavy atom. The van der Waals surface area contributed by atoms with Gasteiger partial charge in [0.2, 0.25) is 0 Å². The molecular formula is C33H28O2P+. The van der Waals surface area contributed by atoms with Gasteiger partial charge in [-0.1, -0.05) is 84.9 Å². The first-order valence-electron chi connectivity index (χ1n) is 12.0. The lowest BCUT2D eigenvalue weighted by molar-refractivity contribution is 0.0600. The van der Waals surface area contributed by atoms with Crippen molar-refractivity contribution in [3.05, 3.63) is 151 Å². The van der Waals surface area contributed by atoms with Crippen LogP contribution in [-0.4, -0.2) is 13.1 Å². The second kappa shape index (κ2) is 10.7. The van der Waals surface area contributed by atoms with Crippen molar-refractivity contribution in [2.75, 3.05) is 7.11 Å². The van der Waals surface area contributed by atoms with Crippen molar-refractivity contribution in [1.82, 2.24) is 0 Å². The summed E-state index contributed by atoms with van der Waals surface area (Å²) in [5.74, 6) is -0.322. The second-order valence-corrected chi connectivity index (χ2v) is 12.2. The Labute approximate surface area is 213 Å². The summed E-state index contributed by atoms with van der Waals surface area (Å²) in [5.41, 5.74) is 3.77. The lowest BCUT2D eigenvalue weighted by Gasteiger charge is -2.28. The molecule has 0 saturated heterocycles. The van der Waals surface area contributed by atoms with Crippen LogP contribution < -0.4 is 15.9 Å². The van der Waals surface area contributed by atoms with Gasteiger partial charge in [0.1, 0.15) is 23.2 Å². The maximum Gasteiger partial charge on any atom is 0.337 e. The zero-order valence-corrected chi connectivity index (χ0v) is 21.1. The van der Waals surface area contributed by atoms with Crippen LogP contribution in [0.2, 0.25) is 0 Å². The van der Waals surface area contributed by atoms with Crippen LogP contribution in [0.15, 0.2) is 140 Å². The molecule has 0 bridgehead atoms. The van der Waals surface area contributed by atoms with Gasteiger partial charge in [-0.05, 0) is 71.3 Å². The van der Waals surface area contributed by atoms with Gasteiger partial charge in [0.05, 0.1) is 18.8 Å². The highest BCUT2D eigenvalue weighted by Gasteiger charge is 2.45. The van der Waals surface area contributed by atoms with Crippen LogP contribution in [-0.2, 0) is 10.9 Å². The van der Waals surface area contributed by atoms with Gasteiger partial charge in [-0.3, -0.25) is 0 Å². The summed E-state index contributed by atoms with van der Waals surface area (Å²) in [6.45, 7) is 0. The van der Waals surface area contributed by atoms with Crippen molar-refractivity contribution in [2.45, 2.75) is 6.16 Å². The van der Waals surface area contributed by atoms with Crippen molar-refractivity contribution < 1.29 is 9.53 Å². The molecule has 5 aromatic carbocycles. The van der Waals surface area contributed by atoms with Crippen LogP contribution in [0.5, 0.6) is 0 Å². The van der Waals surface area contributed by atoms with Gasteiger partial charge in [0.15, 0.2) is 0 Å². The third kappa shape index (κ3) is 4.73. The molecule has 0 aliphatic heterocycles. The van der Waals surface area contributed by atoms with Gasteiger partial charge >= 0.3 is 5.97 Å². The molecule has 0 atom stereocenters. The van der Waals surface area contributed by atoms with E-state index in [9.17, 15) is 4.79 Å². The lowest BCUT2D eigenvalue weighted by Crippen LogP contribution is -2.32. The Bertz CT molecular complexity index is 1340. The van der Waals surface area contributed by atoms with Crippen LogP contribution in [0.4, 0.5) is 0 Å². The molecule has 0 amide bonds. The number of hydrogen-bond acceptors (Lipinski definition) is 2. The molecular weight excluding hydrogens is 459 g/mol. The quantitative estimate of drug-likeness (QED) is 0.190. The van der Waals surface area contributed by atoms with Gasteiger partial charge in [-0.15, -0.1) is 0 Å². The van der Waals surface area contributed by atoms with Crippen LogP contribution in [0, 0.1) is 0 Å². The summed E-state index contributed by atoms with van der Waals surface area (Å²) in [6, 6.07) is 48.8.